The van der Waals surface area contributed by atoms with Gasteiger partial charge in [0, 0.05) is 11.1 Å². The van der Waals surface area contributed by atoms with Gasteiger partial charge in [0.05, 0.1) is 27.1 Å². The number of Topliss-reactive ketones (excluding diaryl/α,β-unsaturated/α-hetero) is 1. The molecule has 2 aromatic carbocycles. The zero-order valence-electron chi connectivity index (χ0n) is 16.1. The van der Waals surface area contributed by atoms with Crippen LogP contribution in [-0.2, 0) is 12.8 Å². The van der Waals surface area contributed by atoms with E-state index in [-0.39, 0.29) is 11.5 Å². The summed E-state index contributed by atoms with van der Waals surface area (Å²) in [5.74, 6) is 0.0929. The molecule has 0 unspecified atom stereocenters. The van der Waals surface area contributed by atoms with Gasteiger partial charge in [-0.05, 0) is 55.0 Å². The predicted octanol–water partition coefficient (Wildman–Crippen LogP) is 6.78. The van der Waals surface area contributed by atoms with E-state index >= 15 is 0 Å². The topological polar surface area (TPSA) is 53.8 Å². The molecule has 0 bridgehead atoms. The number of carbonyl (C=O) groups is 1. The van der Waals surface area contributed by atoms with Gasteiger partial charge in [-0.2, -0.15) is 5.26 Å². The number of fused-ring (bicyclic) bond motifs is 1. The van der Waals surface area contributed by atoms with E-state index in [1.165, 1.54) is 17.3 Å². The lowest BCUT2D eigenvalue weighted by atomic mass is 9.86. The Balaban J connectivity index is 1.69. The molecule has 6 heteroatoms. The van der Waals surface area contributed by atoms with Gasteiger partial charge in [-0.25, -0.2) is 4.98 Å². The minimum Gasteiger partial charge on any atom is -0.293 e. The summed E-state index contributed by atoms with van der Waals surface area (Å²) < 4.78 is 0. The molecule has 1 aliphatic carbocycles. The molecule has 0 saturated carbocycles. The second-order valence-electron chi connectivity index (χ2n) is 7.12. The number of hydrogen-bond donors (Lipinski definition) is 0. The number of ketones is 1. The number of benzene rings is 2. The summed E-state index contributed by atoms with van der Waals surface area (Å²) in [5, 5.41) is 11.2. The second-order valence-corrected chi connectivity index (χ2v) is 8.90. The quantitative estimate of drug-likeness (QED) is 0.316. The first-order chi connectivity index (χ1) is 14.6. The van der Waals surface area contributed by atoms with E-state index < -0.39 is 0 Å². The Morgan fingerprint density at radius 3 is 2.47 bits per heavy atom. The van der Waals surface area contributed by atoms with Crippen LogP contribution in [0.25, 0.3) is 11.3 Å². The van der Waals surface area contributed by atoms with Gasteiger partial charge in [0.25, 0.3) is 0 Å². The Hall–Kier alpha value is -2.32. The van der Waals surface area contributed by atoms with Crippen molar-refractivity contribution in [1.82, 2.24) is 4.98 Å². The van der Waals surface area contributed by atoms with Crippen LogP contribution in [0.5, 0.6) is 0 Å². The molecule has 0 saturated heterocycles. The first kappa shape index (κ1) is 20.9. The molecule has 150 valence electrons. The van der Waals surface area contributed by atoms with Gasteiger partial charge in [0.15, 0.2) is 5.78 Å². The summed E-state index contributed by atoms with van der Waals surface area (Å²) in [6, 6.07) is 17.2. The standard InChI is InChI=1S/C24H18Cl2N2OS/c25-20-11-10-16(12-21(20)26)22(29)14-30-24-19(13-27)17-8-4-5-9-18(17)23(28-24)15-6-2-1-3-7-15/h1-3,6-7,10-12H,4-5,8-9,14H2. The molecule has 1 aromatic heterocycles. The van der Waals surface area contributed by atoms with E-state index in [4.69, 9.17) is 28.2 Å². The van der Waals surface area contributed by atoms with Crippen LogP contribution >= 0.6 is 35.0 Å². The molecule has 0 N–H and O–H groups in total. The number of aromatic nitrogens is 1. The van der Waals surface area contributed by atoms with Crippen LogP contribution in [0.1, 0.15) is 39.9 Å². The Morgan fingerprint density at radius 2 is 1.77 bits per heavy atom. The molecule has 0 amide bonds. The Bertz CT molecular complexity index is 1160. The van der Waals surface area contributed by atoms with Gasteiger partial charge in [0.2, 0.25) is 0 Å². The summed E-state index contributed by atoms with van der Waals surface area (Å²) in [5.41, 5.74) is 5.32. The number of nitriles is 1. The van der Waals surface area contributed by atoms with Crippen molar-refractivity contribution in [2.24, 2.45) is 0 Å². The summed E-state index contributed by atoms with van der Waals surface area (Å²) in [6.07, 6.45) is 3.96. The smallest absolute Gasteiger partial charge is 0.173 e. The van der Waals surface area contributed by atoms with Crippen molar-refractivity contribution in [3.8, 4) is 17.3 Å². The molecular formula is C24H18Cl2N2OS. The van der Waals surface area contributed by atoms with Crippen molar-refractivity contribution in [2.75, 3.05) is 5.75 Å². The van der Waals surface area contributed by atoms with Crippen LogP contribution in [0.4, 0.5) is 0 Å². The third-order valence-electron chi connectivity index (χ3n) is 5.22. The van der Waals surface area contributed by atoms with Crippen LogP contribution in [0.15, 0.2) is 53.6 Å². The molecule has 0 aliphatic heterocycles. The largest absolute Gasteiger partial charge is 0.293 e. The van der Waals surface area contributed by atoms with Crippen molar-refractivity contribution in [2.45, 2.75) is 30.7 Å². The molecule has 1 aliphatic rings. The van der Waals surface area contributed by atoms with Crippen LogP contribution < -0.4 is 0 Å². The average molecular weight is 453 g/mol. The molecule has 30 heavy (non-hydrogen) atoms. The molecule has 1 heterocycles. The van der Waals surface area contributed by atoms with Crippen molar-refractivity contribution in [1.29, 1.82) is 5.26 Å². The monoisotopic (exact) mass is 452 g/mol. The van der Waals surface area contributed by atoms with Gasteiger partial charge in [-0.3, -0.25) is 4.79 Å². The lowest BCUT2D eigenvalue weighted by Crippen LogP contribution is -2.11. The Kier molecular flexibility index (Phi) is 6.43. The highest BCUT2D eigenvalue weighted by Crippen LogP contribution is 2.36. The van der Waals surface area contributed by atoms with Crippen molar-refractivity contribution >= 4 is 40.7 Å². The fourth-order valence-corrected chi connectivity index (χ4v) is 4.94. The first-order valence-corrected chi connectivity index (χ1v) is 11.4. The fourth-order valence-electron chi connectivity index (χ4n) is 3.74. The summed E-state index contributed by atoms with van der Waals surface area (Å²) in [7, 11) is 0. The van der Waals surface area contributed by atoms with E-state index in [0.29, 0.717) is 26.2 Å². The second kappa shape index (κ2) is 9.22. The molecule has 0 fully saturated rings. The Morgan fingerprint density at radius 1 is 1.03 bits per heavy atom. The van der Waals surface area contributed by atoms with Gasteiger partial charge >= 0.3 is 0 Å². The minimum absolute atomic E-state index is 0.0803. The Labute approximate surface area is 190 Å². The maximum Gasteiger partial charge on any atom is 0.173 e. The van der Waals surface area contributed by atoms with Crippen molar-refractivity contribution in [3.05, 3.63) is 80.8 Å². The maximum absolute atomic E-state index is 12.7. The number of hydrogen-bond acceptors (Lipinski definition) is 4. The number of carbonyl (C=O) groups excluding carboxylic acids is 1. The molecule has 4 rings (SSSR count). The third-order valence-corrected chi connectivity index (χ3v) is 6.94. The SMILES string of the molecule is N#Cc1c(SCC(=O)c2ccc(Cl)c(Cl)c2)nc(-c2ccccc2)c2c1CCCC2. The molecule has 0 radical (unpaired) electrons. The lowest BCUT2D eigenvalue weighted by molar-refractivity contribution is 0.102. The summed E-state index contributed by atoms with van der Waals surface area (Å²) >= 11 is 13.3. The number of rotatable bonds is 5. The highest BCUT2D eigenvalue weighted by molar-refractivity contribution is 8.00. The van der Waals surface area contributed by atoms with E-state index in [0.717, 1.165) is 42.5 Å². The lowest BCUT2D eigenvalue weighted by Gasteiger charge is -2.22. The minimum atomic E-state index is -0.0803. The zero-order chi connectivity index (χ0) is 21.1. The fraction of sp³-hybridized carbons (Fsp3) is 0.208. The van der Waals surface area contributed by atoms with Crippen molar-refractivity contribution < 1.29 is 4.79 Å². The average Bonchev–Trinajstić information content (AvgIpc) is 2.79. The predicted molar refractivity (Wildman–Crippen MR) is 123 cm³/mol. The summed E-state index contributed by atoms with van der Waals surface area (Å²) in [4.78, 5) is 17.6. The van der Waals surface area contributed by atoms with Gasteiger partial charge in [-0.1, -0.05) is 65.3 Å². The van der Waals surface area contributed by atoms with Gasteiger partial charge in [-0.15, -0.1) is 0 Å². The summed E-state index contributed by atoms with van der Waals surface area (Å²) in [6.45, 7) is 0. The molecule has 3 aromatic rings. The van der Waals surface area contributed by atoms with E-state index in [9.17, 15) is 10.1 Å². The van der Waals surface area contributed by atoms with Crippen LogP contribution in [-0.4, -0.2) is 16.5 Å². The van der Waals surface area contributed by atoms with Gasteiger partial charge < -0.3 is 0 Å². The molecule has 0 atom stereocenters. The highest BCUT2D eigenvalue weighted by atomic mass is 35.5. The van der Waals surface area contributed by atoms with Gasteiger partial charge in [0.1, 0.15) is 11.1 Å². The molecule has 3 nitrogen and oxygen atoms in total. The maximum atomic E-state index is 12.7. The third kappa shape index (κ3) is 4.25. The first-order valence-electron chi connectivity index (χ1n) is 9.71. The number of pyridine rings is 1. The van der Waals surface area contributed by atoms with E-state index in [1.807, 2.05) is 30.3 Å². The highest BCUT2D eigenvalue weighted by Gasteiger charge is 2.23. The van der Waals surface area contributed by atoms with Crippen molar-refractivity contribution in [3.63, 3.8) is 0 Å². The van der Waals surface area contributed by atoms with Crippen LogP contribution in [0.2, 0.25) is 10.0 Å². The van der Waals surface area contributed by atoms with E-state index in [1.54, 1.807) is 18.2 Å². The number of halogens is 2. The van der Waals surface area contributed by atoms with Crippen LogP contribution in [0, 0.1) is 11.3 Å². The van der Waals surface area contributed by atoms with Crippen LogP contribution in [0.3, 0.4) is 0 Å². The zero-order valence-corrected chi connectivity index (χ0v) is 18.4. The molecule has 0 spiro atoms. The number of thioether (sulfide) groups is 1. The number of nitrogens with zero attached hydrogens (tertiary/aromatic N) is 2. The van der Waals surface area contributed by atoms with E-state index in [2.05, 4.69) is 6.07 Å². The normalized spacial score (nSPS) is 12.8. The molecular weight excluding hydrogens is 435 g/mol.